The number of carbonyl (C=O) groups excluding carboxylic acids is 1. The summed E-state index contributed by atoms with van der Waals surface area (Å²) in [6.45, 7) is 1.13. The summed E-state index contributed by atoms with van der Waals surface area (Å²) in [6, 6.07) is 13.7. The third-order valence-electron chi connectivity index (χ3n) is 4.64. The van der Waals surface area contributed by atoms with Crippen LogP contribution in [0.4, 0.5) is 18.9 Å². The normalized spacial score (nSPS) is 11.7. The maximum atomic E-state index is 12.8. The SMILES string of the molecule is CCS(=O)(=O)c1ccc(OCC(=O)Nc2cc(Cl)c(-c3ccccc3OC(F)(F)F)c(Cl)c2)cc1. The number of hydrogen-bond donors (Lipinski definition) is 1. The molecule has 6 nitrogen and oxygen atoms in total. The highest BCUT2D eigenvalue weighted by Crippen LogP contribution is 2.42. The van der Waals surface area contributed by atoms with Crippen LogP contribution >= 0.6 is 23.2 Å². The molecular weight excluding hydrogens is 530 g/mol. The summed E-state index contributed by atoms with van der Waals surface area (Å²) in [7, 11) is -3.35. The van der Waals surface area contributed by atoms with Crippen molar-refractivity contribution in [2.24, 2.45) is 0 Å². The van der Waals surface area contributed by atoms with Gasteiger partial charge in [0, 0.05) is 16.8 Å². The Labute approximate surface area is 209 Å². The first-order valence-electron chi connectivity index (χ1n) is 9.99. The topological polar surface area (TPSA) is 81.7 Å². The molecular formula is C23H18Cl2F3NO5S. The summed E-state index contributed by atoms with van der Waals surface area (Å²) in [5.74, 6) is -0.814. The van der Waals surface area contributed by atoms with Gasteiger partial charge in [-0.2, -0.15) is 0 Å². The maximum Gasteiger partial charge on any atom is 0.573 e. The third-order valence-corrected chi connectivity index (χ3v) is 6.99. The first kappa shape index (κ1) is 26.7. The van der Waals surface area contributed by atoms with Crippen LogP contribution in [0.25, 0.3) is 11.1 Å². The lowest BCUT2D eigenvalue weighted by Gasteiger charge is -2.16. The second-order valence-electron chi connectivity index (χ2n) is 7.07. The van der Waals surface area contributed by atoms with Gasteiger partial charge in [-0.3, -0.25) is 4.79 Å². The smallest absolute Gasteiger partial charge is 0.484 e. The Morgan fingerprint density at radius 3 is 2.17 bits per heavy atom. The highest BCUT2D eigenvalue weighted by atomic mass is 35.5. The summed E-state index contributed by atoms with van der Waals surface area (Å²) < 4.78 is 71.4. The van der Waals surface area contributed by atoms with Crippen LogP contribution in [-0.4, -0.2) is 33.0 Å². The standard InChI is InChI=1S/C23H18Cl2F3NO5S/c1-2-35(31,32)16-9-7-15(8-10-16)33-13-21(30)29-14-11-18(24)22(19(25)12-14)17-5-3-4-6-20(17)34-23(26,27)28/h3-12H,2,13H2,1H3,(H,29,30). The number of rotatable bonds is 8. The number of sulfone groups is 1. The second-order valence-corrected chi connectivity index (χ2v) is 10.2. The van der Waals surface area contributed by atoms with Crippen LogP contribution in [0.3, 0.4) is 0 Å². The number of hydrogen-bond acceptors (Lipinski definition) is 5. The van der Waals surface area contributed by atoms with E-state index in [9.17, 15) is 26.4 Å². The number of nitrogens with one attached hydrogen (secondary N) is 1. The molecule has 1 amide bonds. The van der Waals surface area contributed by atoms with Crippen molar-refractivity contribution in [1.82, 2.24) is 0 Å². The van der Waals surface area contributed by atoms with Gasteiger partial charge >= 0.3 is 6.36 Å². The molecule has 3 rings (SSSR count). The molecule has 0 heterocycles. The van der Waals surface area contributed by atoms with Crippen molar-refractivity contribution in [3.05, 3.63) is 70.7 Å². The summed E-state index contributed by atoms with van der Waals surface area (Å²) in [5.41, 5.74) is 0.315. The van der Waals surface area contributed by atoms with E-state index in [1.807, 2.05) is 0 Å². The number of alkyl halides is 3. The van der Waals surface area contributed by atoms with E-state index in [-0.39, 0.29) is 43.3 Å². The van der Waals surface area contributed by atoms with Crippen LogP contribution < -0.4 is 14.8 Å². The number of halogens is 5. The molecule has 0 bridgehead atoms. The average molecular weight is 548 g/mol. The van der Waals surface area contributed by atoms with E-state index in [2.05, 4.69) is 10.1 Å². The summed E-state index contributed by atoms with van der Waals surface area (Å²) in [6.07, 6.45) is -4.91. The minimum Gasteiger partial charge on any atom is -0.484 e. The number of carbonyl (C=O) groups is 1. The molecule has 12 heteroatoms. The molecule has 0 aliphatic carbocycles. The van der Waals surface area contributed by atoms with Crippen LogP contribution in [0.15, 0.2) is 65.6 Å². The lowest BCUT2D eigenvalue weighted by molar-refractivity contribution is -0.274. The molecule has 0 unspecified atom stereocenters. The number of amides is 1. The number of anilines is 1. The van der Waals surface area contributed by atoms with Crippen molar-refractivity contribution < 1.29 is 35.9 Å². The number of ether oxygens (including phenoxy) is 2. The molecule has 3 aromatic rings. The van der Waals surface area contributed by atoms with E-state index in [1.54, 1.807) is 0 Å². The van der Waals surface area contributed by atoms with Gasteiger partial charge in [-0.15, -0.1) is 13.2 Å². The Hall–Kier alpha value is -2.95. The quantitative estimate of drug-likeness (QED) is 0.354. The molecule has 186 valence electrons. The van der Waals surface area contributed by atoms with Gasteiger partial charge in [-0.25, -0.2) is 8.42 Å². The van der Waals surface area contributed by atoms with E-state index in [4.69, 9.17) is 27.9 Å². The zero-order valence-corrected chi connectivity index (χ0v) is 20.4. The fourth-order valence-corrected chi connectivity index (χ4v) is 4.62. The highest BCUT2D eigenvalue weighted by molar-refractivity contribution is 7.91. The monoisotopic (exact) mass is 547 g/mol. The van der Waals surface area contributed by atoms with E-state index >= 15 is 0 Å². The molecule has 0 aliphatic rings. The summed E-state index contributed by atoms with van der Waals surface area (Å²) >= 11 is 12.6. The second kappa shape index (κ2) is 10.8. The zero-order chi connectivity index (χ0) is 25.8. The Kier molecular flexibility index (Phi) is 8.19. The van der Waals surface area contributed by atoms with Crippen LogP contribution in [0.2, 0.25) is 10.0 Å². The molecule has 0 saturated carbocycles. The molecule has 3 aromatic carbocycles. The number of benzene rings is 3. The first-order chi connectivity index (χ1) is 16.4. The molecule has 0 saturated heterocycles. The Morgan fingerprint density at radius 2 is 1.60 bits per heavy atom. The summed E-state index contributed by atoms with van der Waals surface area (Å²) in [4.78, 5) is 12.4. The lowest BCUT2D eigenvalue weighted by atomic mass is 10.0. The molecule has 0 aromatic heterocycles. The molecule has 0 atom stereocenters. The molecule has 35 heavy (non-hydrogen) atoms. The van der Waals surface area contributed by atoms with Crippen molar-refractivity contribution >= 4 is 44.6 Å². The van der Waals surface area contributed by atoms with Gasteiger partial charge in [0.1, 0.15) is 11.5 Å². The Balaban J connectivity index is 1.71. The van der Waals surface area contributed by atoms with E-state index in [1.165, 1.54) is 61.5 Å². The molecule has 0 aliphatic heterocycles. The van der Waals surface area contributed by atoms with Crippen molar-refractivity contribution in [2.45, 2.75) is 18.2 Å². The van der Waals surface area contributed by atoms with E-state index in [0.717, 1.165) is 6.07 Å². The molecule has 0 fully saturated rings. The average Bonchev–Trinajstić information content (AvgIpc) is 2.77. The Bertz CT molecular complexity index is 1310. The maximum absolute atomic E-state index is 12.8. The minimum absolute atomic E-state index is 0.0142. The van der Waals surface area contributed by atoms with Crippen molar-refractivity contribution in [3.8, 4) is 22.6 Å². The number of para-hydroxylation sites is 1. The van der Waals surface area contributed by atoms with Gasteiger partial charge in [0.2, 0.25) is 0 Å². The van der Waals surface area contributed by atoms with Crippen LogP contribution in [0.1, 0.15) is 6.92 Å². The van der Waals surface area contributed by atoms with Gasteiger partial charge in [-0.1, -0.05) is 48.3 Å². The van der Waals surface area contributed by atoms with Crippen molar-refractivity contribution in [3.63, 3.8) is 0 Å². The molecule has 1 N–H and O–H groups in total. The Morgan fingerprint density at radius 1 is 1.00 bits per heavy atom. The summed E-state index contributed by atoms with van der Waals surface area (Å²) in [5, 5.41) is 2.50. The van der Waals surface area contributed by atoms with Crippen LogP contribution in [-0.2, 0) is 14.6 Å². The lowest BCUT2D eigenvalue weighted by Crippen LogP contribution is -2.20. The predicted molar refractivity (Wildman–Crippen MR) is 127 cm³/mol. The fourth-order valence-electron chi connectivity index (χ4n) is 3.05. The molecule has 0 spiro atoms. The van der Waals surface area contributed by atoms with Gasteiger partial charge in [0.15, 0.2) is 16.4 Å². The van der Waals surface area contributed by atoms with Gasteiger partial charge < -0.3 is 14.8 Å². The third kappa shape index (κ3) is 7.03. The highest BCUT2D eigenvalue weighted by Gasteiger charge is 2.32. The van der Waals surface area contributed by atoms with Crippen LogP contribution in [0.5, 0.6) is 11.5 Å². The van der Waals surface area contributed by atoms with Gasteiger partial charge in [0.05, 0.1) is 20.7 Å². The fraction of sp³-hybridized carbons (Fsp3) is 0.174. The van der Waals surface area contributed by atoms with Gasteiger partial charge in [0.25, 0.3) is 5.91 Å². The van der Waals surface area contributed by atoms with E-state index in [0.29, 0.717) is 0 Å². The first-order valence-corrected chi connectivity index (χ1v) is 12.4. The largest absolute Gasteiger partial charge is 0.573 e. The zero-order valence-electron chi connectivity index (χ0n) is 18.0. The minimum atomic E-state index is -4.91. The van der Waals surface area contributed by atoms with E-state index < -0.39 is 34.5 Å². The van der Waals surface area contributed by atoms with Crippen molar-refractivity contribution in [2.75, 3.05) is 17.7 Å². The van der Waals surface area contributed by atoms with Gasteiger partial charge in [-0.05, 0) is 42.5 Å². The van der Waals surface area contributed by atoms with Crippen LogP contribution in [0, 0.1) is 0 Å². The molecule has 0 radical (unpaired) electrons. The predicted octanol–water partition coefficient (Wildman–Crippen LogP) is 6.37. The van der Waals surface area contributed by atoms with Crippen molar-refractivity contribution in [1.29, 1.82) is 0 Å².